The van der Waals surface area contributed by atoms with E-state index < -0.39 is 34.6 Å². The molecule has 0 fully saturated rings. The normalized spacial score (nSPS) is 9.32. The topological polar surface area (TPSA) is 0 Å². The molecule has 0 unspecified atom stereocenters. The van der Waals surface area contributed by atoms with Crippen LogP contribution in [0.25, 0.3) is 24.3 Å². The first kappa shape index (κ1) is 25.3. The zero-order valence-corrected chi connectivity index (χ0v) is 16.7. The molecule has 0 aliphatic heterocycles. The van der Waals surface area contributed by atoms with Crippen LogP contribution in [0.4, 0.5) is 22.0 Å². The van der Waals surface area contributed by atoms with E-state index in [9.17, 15) is 22.0 Å². The van der Waals surface area contributed by atoms with Gasteiger partial charge in [0, 0.05) is 0 Å². The lowest BCUT2D eigenvalue weighted by atomic mass is 10.1. The van der Waals surface area contributed by atoms with E-state index in [1.54, 1.807) is 0 Å². The van der Waals surface area contributed by atoms with Crippen LogP contribution in [0, 0.1) is 29.1 Å². The van der Waals surface area contributed by atoms with Gasteiger partial charge in [0.1, 0.15) is 0 Å². The lowest BCUT2D eigenvalue weighted by molar-refractivity contribution is 0.377. The van der Waals surface area contributed by atoms with Crippen LogP contribution in [0.5, 0.6) is 0 Å². The van der Waals surface area contributed by atoms with E-state index >= 15 is 0 Å². The van der Waals surface area contributed by atoms with Gasteiger partial charge < -0.3 is 0 Å². The maximum atomic E-state index is 12.6. The molecule has 0 heterocycles. The van der Waals surface area contributed by atoms with Crippen molar-refractivity contribution in [1.82, 2.24) is 0 Å². The lowest BCUT2D eigenvalue weighted by Gasteiger charge is -2.02. The van der Waals surface area contributed by atoms with Crippen molar-refractivity contribution in [2.45, 2.75) is 0 Å². The average molecular weight is 428 g/mol. The van der Waals surface area contributed by atoms with Gasteiger partial charge in [0.25, 0.3) is 0 Å². The Morgan fingerprint density at radius 1 is 0.452 bits per heavy atom. The van der Waals surface area contributed by atoms with Crippen LogP contribution >= 0.6 is 0 Å². The van der Waals surface area contributed by atoms with Gasteiger partial charge in [-0.2, -0.15) is 0 Å². The summed E-state index contributed by atoms with van der Waals surface area (Å²) in [7, 11) is 0. The maximum Gasteiger partial charge on any atom is 0.200 e. The van der Waals surface area contributed by atoms with Gasteiger partial charge in [-0.3, -0.25) is 0 Å². The highest BCUT2D eigenvalue weighted by atomic mass is 19.2. The minimum absolute atomic E-state index is 0.566. The third kappa shape index (κ3) is 6.93. The molecule has 0 aliphatic carbocycles. The van der Waals surface area contributed by atoms with Crippen molar-refractivity contribution in [1.29, 1.82) is 0 Å². The Bertz CT molecular complexity index is 997. The highest BCUT2D eigenvalue weighted by Gasteiger charge is 2.23. The molecule has 0 bridgehead atoms. The third-order valence-electron chi connectivity index (χ3n) is 3.92. The molecular formula is C26H21F5. The largest absolute Gasteiger partial charge is 0.203 e. The quantitative estimate of drug-likeness (QED) is 0.223. The van der Waals surface area contributed by atoms with Crippen LogP contribution in [0.15, 0.2) is 80.9 Å². The van der Waals surface area contributed by atoms with Gasteiger partial charge in [-0.05, 0) is 16.7 Å². The Labute approximate surface area is 179 Å². The fourth-order valence-corrected chi connectivity index (χ4v) is 2.27. The van der Waals surface area contributed by atoms with Gasteiger partial charge in [-0.1, -0.05) is 105 Å². The molecule has 0 nitrogen and oxygen atoms in total. The van der Waals surface area contributed by atoms with Crippen LogP contribution in [0.3, 0.4) is 0 Å². The smallest absolute Gasteiger partial charge is 0.200 e. The Hall–Kier alpha value is -3.73. The van der Waals surface area contributed by atoms with Crippen molar-refractivity contribution in [3.8, 4) is 0 Å². The van der Waals surface area contributed by atoms with Gasteiger partial charge >= 0.3 is 0 Å². The minimum atomic E-state index is -2.17. The number of rotatable bonds is 4. The monoisotopic (exact) mass is 428 g/mol. The van der Waals surface area contributed by atoms with Crippen molar-refractivity contribution in [2.24, 2.45) is 0 Å². The molecule has 0 aromatic heterocycles. The molecule has 31 heavy (non-hydrogen) atoms. The molecule has 0 N–H and O–H groups in total. The molecule has 0 saturated carbocycles. The molecular weight excluding hydrogens is 407 g/mol. The predicted octanol–water partition coefficient (Wildman–Crippen LogP) is 8.33. The molecule has 160 valence electrons. The van der Waals surface area contributed by atoms with E-state index in [2.05, 4.69) is 26.3 Å². The van der Waals surface area contributed by atoms with E-state index in [1.165, 1.54) is 5.56 Å². The van der Waals surface area contributed by atoms with Gasteiger partial charge in [-0.25, -0.2) is 22.0 Å². The average Bonchev–Trinajstić information content (AvgIpc) is 2.83. The van der Waals surface area contributed by atoms with Crippen molar-refractivity contribution >= 4 is 24.3 Å². The van der Waals surface area contributed by atoms with Crippen LogP contribution in [0.2, 0.25) is 0 Å². The lowest BCUT2D eigenvalue weighted by Crippen LogP contribution is -2.03. The molecule has 0 amide bonds. The predicted molar refractivity (Wildman–Crippen MR) is 119 cm³/mol. The molecule has 5 heteroatoms. The highest BCUT2D eigenvalue weighted by molar-refractivity contribution is 5.63. The SMILES string of the molecule is C=Cc1c(F)c(F)c(F)c(F)c1F.C=Cc1ccccc1.C=Cc1ccccc1C=C. The number of benzene rings is 3. The summed E-state index contributed by atoms with van der Waals surface area (Å²) >= 11 is 0. The second kappa shape index (κ2) is 12.8. The first-order valence-electron chi connectivity index (χ1n) is 8.97. The zero-order chi connectivity index (χ0) is 23.4. The summed E-state index contributed by atoms with van der Waals surface area (Å²) in [4.78, 5) is 0. The van der Waals surface area contributed by atoms with E-state index in [4.69, 9.17) is 0 Å². The van der Waals surface area contributed by atoms with Gasteiger partial charge in [0.15, 0.2) is 23.3 Å². The second-order valence-corrected chi connectivity index (χ2v) is 5.84. The van der Waals surface area contributed by atoms with Gasteiger partial charge in [0.2, 0.25) is 5.82 Å². The molecule has 0 spiro atoms. The molecule has 3 aromatic rings. The second-order valence-electron chi connectivity index (χ2n) is 5.84. The molecule has 0 saturated heterocycles. The standard InChI is InChI=1S/C10H10.C8H3F5.C8H8/c1-3-9-7-5-6-8-10(9)4-2;1-2-3-4(9)6(11)8(13)7(12)5(3)10;1-2-8-6-4-3-5-7-8/h3-8H,1-2H2;2H,1H2;2-7H,1H2. The summed E-state index contributed by atoms with van der Waals surface area (Å²) < 4.78 is 62.4. The third-order valence-corrected chi connectivity index (χ3v) is 3.92. The highest BCUT2D eigenvalue weighted by Crippen LogP contribution is 2.23. The first-order chi connectivity index (χ1) is 14.8. The summed E-state index contributed by atoms with van der Waals surface area (Å²) in [5.74, 6) is -9.83. The number of hydrogen-bond donors (Lipinski definition) is 0. The number of hydrogen-bond acceptors (Lipinski definition) is 0. The van der Waals surface area contributed by atoms with E-state index in [1.807, 2.05) is 72.8 Å². The van der Waals surface area contributed by atoms with Crippen molar-refractivity contribution < 1.29 is 22.0 Å². The Kier molecular flexibility index (Phi) is 10.4. The molecule has 3 aromatic carbocycles. The van der Waals surface area contributed by atoms with Crippen LogP contribution in [0.1, 0.15) is 22.3 Å². The van der Waals surface area contributed by atoms with Crippen LogP contribution in [-0.4, -0.2) is 0 Å². The summed E-state index contributed by atoms with van der Waals surface area (Å²) in [5.41, 5.74) is 2.43. The fourth-order valence-electron chi connectivity index (χ4n) is 2.27. The first-order valence-corrected chi connectivity index (χ1v) is 8.97. The van der Waals surface area contributed by atoms with Crippen molar-refractivity contribution in [3.05, 3.63) is 132 Å². The van der Waals surface area contributed by atoms with Crippen molar-refractivity contribution in [3.63, 3.8) is 0 Å². The van der Waals surface area contributed by atoms with E-state index in [0.717, 1.165) is 11.1 Å². The van der Waals surface area contributed by atoms with Crippen LogP contribution in [-0.2, 0) is 0 Å². The van der Waals surface area contributed by atoms with E-state index in [-0.39, 0.29) is 0 Å². The maximum absolute atomic E-state index is 12.6. The summed E-state index contributed by atoms with van der Waals surface area (Å²) in [5, 5.41) is 0. The molecule has 0 radical (unpaired) electrons. The van der Waals surface area contributed by atoms with E-state index in [0.29, 0.717) is 6.08 Å². The minimum Gasteiger partial charge on any atom is -0.203 e. The Balaban J connectivity index is 0.000000240. The molecule has 3 rings (SSSR count). The molecule has 0 aliphatic rings. The van der Waals surface area contributed by atoms with Crippen molar-refractivity contribution in [2.75, 3.05) is 0 Å². The fraction of sp³-hybridized carbons (Fsp3) is 0. The Morgan fingerprint density at radius 2 is 0.839 bits per heavy atom. The molecule has 0 atom stereocenters. The summed E-state index contributed by atoms with van der Waals surface area (Å²) in [6.45, 7) is 13.9. The van der Waals surface area contributed by atoms with Crippen LogP contribution < -0.4 is 0 Å². The zero-order valence-electron chi connectivity index (χ0n) is 16.7. The Morgan fingerprint density at radius 3 is 1.16 bits per heavy atom. The summed E-state index contributed by atoms with van der Waals surface area (Å²) in [6, 6.07) is 18.0. The van der Waals surface area contributed by atoms with Gasteiger partial charge in [-0.15, -0.1) is 0 Å². The summed E-state index contributed by atoms with van der Waals surface area (Å²) in [6.07, 6.45) is 6.06. The van der Waals surface area contributed by atoms with Gasteiger partial charge in [0.05, 0.1) is 5.56 Å². The number of halogens is 5.